The number of benzene rings is 1. The zero-order valence-corrected chi connectivity index (χ0v) is 18.6. The van der Waals surface area contributed by atoms with Crippen LogP contribution in [0.15, 0.2) is 47.9 Å². The average molecular weight is 461 g/mol. The number of nitrogens with zero attached hydrogens (tertiary/aromatic N) is 6. The maximum absolute atomic E-state index is 12.9. The Kier molecular flexibility index (Phi) is 6.13. The highest BCUT2D eigenvalue weighted by molar-refractivity contribution is 6.42. The molecule has 0 spiro atoms. The third-order valence-corrected chi connectivity index (χ3v) is 6.16. The Morgan fingerprint density at radius 3 is 2.68 bits per heavy atom. The molecule has 0 aliphatic carbocycles. The monoisotopic (exact) mass is 460 g/mol. The van der Waals surface area contributed by atoms with Gasteiger partial charge in [-0.05, 0) is 37.3 Å². The molecule has 8 nitrogen and oxygen atoms in total. The second kappa shape index (κ2) is 8.82. The molecule has 0 bridgehead atoms. The van der Waals surface area contributed by atoms with Gasteiger partial charge in [0, 0.05) is 44.5 Å². The molecule has 10 heteroatoms. The van der Waals surface area contributed by atoms with Gasteiger partial charge in [-0.15, -0.1) is 0 Å². The summed E-state index contributed by atoms with van der Waals surface area (Å²) in [5.41, 5.74) is 1.73. The van der Waals surface area contributed by atoms with Gasteiger partial charge in [0.15, 0.2) is 6.23 Å². The van der Waals surface area contributed by atoms with Crippen molar-refractivity contribution in [1.29, 1.82) is 0 Å². The summed E-state index contributed by atoms with van der Waals surface area (Å²) in [6.07, 6.45) is 3.91. The summed E-state index contributed by atoms with van der Waals surface area (Å²) in [4.78, 5) is 31.5. The van der Waals surface area contributed by atoms with E-state index in [0.717, 1.165) is 0 Å². The zero-order chi connectivity index (χ0) is 22.1. The van der Waals surface area contributed by atoms with Crippen LogP contribution in [-0.4, -0.2) is 80.6 Å². The largest absolute Gasteiger partial charge is 0.370 e. The lowest BCUT2D eigenvalue weighted by Gasteiger charge is -2.45. The molecule has 0 saturated carbocycles. The number of guanidine groups is 1. The predicted octanol–water partition coefficient (Wildman–Crippen LogP) is 2.59. The predicted molar refractivity (Wildman–Crippen MR) is 120 cm³/mol. The van der Waals surface area contributed by atoms with E-state index in [1.807, 2.05) is 6.92 Å². The fourth-order valence-corrected chi connectivity index (χ4v) is 4.00. The first-order valence-electron chi connectivity index (χ1n) is 9.84. The number of carbonyl (C=O) groups excluding carboxylic acids is 1. The molecule has 1 saturated heterocycles. The van der Waals surface area contributed by atoms with E-state index < -0.39 is 6.23 Å². The molecular weight excluding hydrogens is 439 g/mol. The van der Waals surface area contributed by atoms with Crippen molar-refractivity contribution in [3.05, 3.63) is 64.2 Å². The van der Waals surface area contributed by atoms with Crippen molar-refractivity contribution in [3.63, 3.8) is 0 Å². The van der Waals surface area contributed by atoms with E-state index >= 15 is 0 Å². The standard InChI is InChI=1S/C21H22Cl2N6O2/c1-13-11-28(20(31)14-3-4-15(22)16(23)9-14)7-8-29(13)21-26-18(10-19(30)27(21)2)17-5-6-24-12-25-17/h3-6,9-10,12-13,19,30H,7-8,11H2,1-2H3/t13-,19?/m1/s1. The van der Waals surface area contributed by atoms with E-state index in [0.29, 0.717) is 52.6 Å². The van der Waals surface area contributed by atoms with Crippen LogP contribution in [0.3, 0.4) is 0 Å². The van der Waals surface area contributed by atoms with Crippen molar-refractivity contribution in [2.24, 2.45) is 4.99 Å². The van der Waals surface area contributed by atoms with Gasteiger partial charge in [0.25, 0.3) is 5.91 Å². The highest BCUT2D eigenvalue weighted by atomic mass is 35.5. The number of halogens is 2. The molecule has 1 aromatic carbocycles. The quantitative estimate of drug-likeness (QED) is 0.740. The van der Waals surface area contributed by atoms with Crippen molar-refractivity contribution in [1.82, 2.24) is 24.7 Å². The summed E-state index contributed by atoms with van der Waals surface area (Å²) >= 11 is 12.0. The first-order valence-corrected chi connectivity index (χ1v) is 10.6. The van der Waals surface area contributed by atoms with Crippen LogP contribution in [0.4, 0.5) is 0 Å². The van der Waals surface area contributed by atoms with Crippen molar-refractivity contribution >= 4 is 40.8 Å². The van der Waals surface area contributed by atoms with Crippen molar-refractivity contribution < 1.29 is 9.90 Å². The molecule has 0 radical (unpaired) electrons. The fourth-order valence-electron chi connectivity index (χ4n) is 3.70. The molecule has 1 aromatic heterocycles. The topological polar surface area (TPSA) is 85.2 Å². The van der Waals surface area contributed by atoms with Crippen LogP contribution in [0, 0.1) is 0 Å². The molecule has 1 unspecified atom stereocenters. The number of aliphatic hydroxyl groups is 1. The van der Waals surface area contributed by atoms with Gasteiger partial charge in [-0.3, -0.25) is 4.79 Å². The Hall–Kier alpha value is -2.68. The summed E-state index contributed by atoms with van der Waals surface area (Å²) in [7, 11) is 1.79. The molecule has 31 heavy (non-hydrogen) atoms. The van der Waals surface area contributed by atoms with Crippen LogP contribution < -0.4 is 0 Å². The number of rotatable bonds is 2. The Balaban J connectivity index is 1.52. The van der Waals surface area contributed by atoms with Gasteiger partial charge in [0.1, 0.15) is 6.33 Å². The van der Waals surface area contributed by atoms with Gasteiger partial charge >= 0.3 is 0 Å². The molecule has 4 rings (SSSR count). The normalized spacial score (nSPS) is 21.6. The molecule has 3 heterocycles. The Morgan fingerprint density at radius 1 is 1.19 bits per heavy atom. The first kappa shape index (κ1) is 21.5. The van der Waals surface area contributed by atoms with E-state index in [1.54, 1.807) is 53.4 Å². The molecule has 1 N–H and O–H groups in total. The molecule has 2 atom stereocenters. The second-order valence-corrected chi connectivity index (χ2v) is 8.32. The van der Waals surface area contributed by atoms with E-state index in [9.17, 15) is 9.90 Å². The van der Waals surface area contributed by atoms with Gasteiger partial charge in [-0.1, -0.05) is 23.2 Å². The maximum atomic E-state index is 12.9. The van der Waals surface area contributed by atoms with Crippen LogP contribution in [0.2, 0.25) is 10.0 Å². The number of hydrogen-bond acceptors (Lipinski definition) is 7. The van der Waals surface area contributed by atoms with Crippen LogP contribution in [-0.2, 0) is 0 Å². The summed E-state index contributed by atoms with van der Waals surface area (Å²) in [6.45, 7) is 3.62. The fraction of sp³-hybridized carbons (Fsp3) is 0.333. The summed E-state index contributed by atoms with van der Waals surface area (Å²) in [5.74, 6) is 0.545. The Labute approximate surface area is 190 Å². The number of aliphatic imine (C=N–C) groups is 1. The third kappa shape index (κ3) is 4.37. The minimum atomic E-state index is -0.833. The summed E-state index contributed by atoms with van der Waals surface area (Å²) < 4.78 is 0. The summed E-state index contributed by atoms with van der Waals surface area (Å²) in [6, 6.07) is 6.64. The van der Waals surface area contributed by atoms with E-state index in [1.165, 1.54) is 6.33 Å². The summed E-state index contributed by atoms with van der Waals surface area (Å²) in [5, 5.41) is 11.3. The number of hydrogen-bond donors (Lipinski definition) is 1. The molecule has 162 valence electrons. The van der Waals surface area contributed by atoms with Gasteiger partial charge in [-0.2, -0.15) is 0 Å². The Bertz CT molecular complexity index is 1050. The van der Waals surface area contributed by atoms with Crippen LogP contribution >= 0.6 is 23.2 Å². The molecule has 2 aromatic rings. The van der Waals surface area contributed by atoms with E-state index in [-0.39, 0.29) is 11.9 Å². The number of aliphatic hydroxyl groups excluding tert-OH is 1. The van der Waals surface area contributed by atoms with Crippen LogP contribution in [0.25, 0.3) is 5.70 Å². The molecule has 1 fully saturated rings. The average Bonchev–Trinajstić information content (AvgIpc) is 2.77. The van der Waals surface area contributed by atoms with Gasteiger partial charge in [-0.25, -0.2) is 15.0 Å². The number of amides is 1. The van der Waals surface area contributed by atoms with E-state index in [4.69, 9.17) is 28.2 Å². The highest BCUT2D eigenvalue weighted by Crippen LogP contribution is 2.26. The number of aromatic nitrogens is 2. The SMILES string of the molecule is C[C@@H]1CN(C(=O)c2ccc(Cl)c(Cl)c2)CCN1C1=NC(c2ccncn2)=CC(O)N1C. The van der Waals surface area contributed by atoms with Crippen molar-refractivity contribution in [2.45, 2.75) is 19.2 Å². The molecule has 2 aliphatic rings. The number of likely N-dealkylation sites (N-methyl/N-ethyl adjacent to an activating group) is 1. The smallest absolute Gasteiger partial charge is 0.254 e. The molecule has 1 amide bonds. The lowest BCUT2D eigenvalue weighted by Crippen LogP contribution is -2.59. The number of carbonyl (C=O) groups is 1. The highest BCUT2D eigenvalue weighted by Gasteiger charge is 2.33. The zero-order valence-electron chi connectivity index (χ0n) is 17.1. The van der Waals surface area contributed by atoms with Gasteiger partial charge in [0.2, 0.25) is 5.96 Å². The van der Waals surface area contributed by atoms with Gasteiger partial charge in [0.05, 0.1) is 21.4 Å². The Morgan fingerprint density at radius 2 is 2.00 bits per heavy atom. The van der Waals surface area contributed by atoms with E-state index in [2.05, 4.69) is 14.9 Å². The first-order chi connectivity index (χ1) is 14.8. The van der Waals surface area contributed by atoms with Crippen LogP contribution in [0.1, 0.15) is 23.0 Å². The van der Waals surface area contributed by atoms with Crippen molar-refractivity contribution in [2.75, 3.05) is 26.7 Å². The van der Waals surface area contributed by atoms with Gasteiger partial charge < -0.3 is 19.8 Å². The second-order valence-electron chi connectivity index (χ2n) is 7.51. The minimum absolute atomic E-state index is 0.0152. The lowest BCUT2D eigenvalue weighted by atomic mass is 10.1. The molecular formula is C21H22Cl2N6O2. The maximum Gasteiger partial charge on any atom is 0.254 e. The van der Waals surface area contributed by atoms with Crippen molar-refractivity contribution in [3.8, 4) is 0 Å². The third-order valence-electron chi connectivity index (χ3n) is 5.42. The minimum Gasteiger partial charge on any atom is -0.370 e. The molecule has 2 aliphatic heterocycles. The number of piperazine rings is 1. The van der Waals surface area contributed by atoms with Crippen LogP contribution in [0.5, 0.6) is 0 Å². The lowest BCUT2D eigenvalue weighted by molar-refractivity contribution is 0.0558.